The molecule has 3 N–H and O–H groups in total. The van der Waals surface area contributed by atoms with E-state index in [4.69, 9.17) is 4.74 Å². The number of hydrogen-bond donors (Lipinski definition) is 3. The zero-order valence-electron chi connectivity index (χ0n) is 17.5. The first-order valence-electron chi connectivity index (χ1n) is 10.9. The molecule has 1 fully saturated rings. The lowest BCUT2D eigenvalue weighted by molar-refractivity contribution is -0.123. The molecule has 1 amide bonds. The molecule has 2 aliphatic carbocycles. The smallest absolute Gasteiger partial charge is 0.258 e. The van der Waals surface area contributed by atoms with Crippen LogP contribution in [0, 0.1) is 0 Å². The Morgan fingerprint density at radius 3 is 2.52 bits per heavy atom. The Hall–Kier alpha value is -2.50. The van der Waals surface area contributed by atoms with Gasteiger partial charge in [0.1, 0.15) is 5.75 Å². The Bertz CT molecular complexity index is 708. The second-order valence-corrected chi connectivity index (χ2v) is 7.81. The van der Waals surface area contributed by atoms with Gasteiger partial charge in [-0.1, -0.05) is 23.8 Å². The van der Waals surface area contributed by atoms with Crippen LogP contribution in [0.5, 0.6) is 5.75 Å². The minimum atomic E-state index is -0.0422. The molecule has 6 nitrogen and oxygen atoms in total. The SMILES string of the molecule is CN=C(NCCC1=CCCCC1)NCCc1ccc(OCC(=O)NC2CC2)cc1. The highest BCUT2D eigenvalue weighted by molar-refractivity contribution is 5.79. The number of allylic oxidation sites excluding steroid dienone is 1. The van der Waals surface area contributed by atoms with Gasteiger partial charge in [0.25, 0.3) is 5.91 Å². The maximum Gasteiger partial charge on any atom is 0.258 e. The number of benzene rings is 1. The molecule has 6 heteroatoms. The molecule has 1 saturated carbocycles. The topological polar surface area (TPSA) is 74.8 Å². The number of nitrogens with one attached hydrogen (secondary N) is 3. The number of guanidine groups is 1. The molecule has 0 spiro atoms. The van der Waals surface area contributed by atoms with E-state index in [1.54, 1.807) is 12.6 Å². The van der Waals surface area contributed by atoms with Crippen molar-refractivity contribution in [2.45, 2.75) is 57.4 Å². The molecule has 1 aromatic carbocycles. The Labute approximate surface area is 174 Å². The number of amides is 1. The maximum atomic E-state index is 11.7. The number of carbonyl (C=O) groups excluding carboxylic acids is 1. The van der Waals surface area contributed by atoms with Crippen molar-refractivity contribution < 1.29 is 9.53 Å². The third-order valence-corrected chi connectivity index (χ3v) is 5.29. The van der Waals surface area contributed by atoms with E-state index in [-0.39, 0.29) is 12.5 Å². The lowest BCUT2D eigenvalue weighted by atomic mass is 9.97. The van der Waals surface area contributed by atoms with Gasteiger partial charge in [-0.3, -0.25) is 9.79 Å². The summed E-state index contributed by atoms with van der Waals surface area (Å²) in [5.74, 6) is 1.53. The molecule has 0 aromatic heterocycles. The van der Waals surface area contributed by atoms with Crippen LogP contribution in [-0.4, -0.2) is 44.7 Å². The molecule has 3 rings (SSSR count). The monoisotopic (exact) mass is 398 g/mol. The van der Waals surface area contributed by atoms with E-state index in [1.807, 2.05) is 24.3 Å². The fraction of sp³-hybridized carbons (Fsp3) is 0.565. The minimum absolute atomic E-state index is 0.0422. The first-order chi connectivity index (χ1) is 14.2. The third kappa shape index (κ3) is 8.18. The van der Waals surface area contributed by atoms with Crippen LogP contribution in [0.2, 0.25) is 0 Å². The minimum Gasteiger partial charge on any atom is -0.484 e. The average Bonchev–Trinajstić information content (AvgIpc) is 3.57. The van der Waals surface area contributed by atoms with Crippen LogP contribution in [0.25, 0.3) is 0 Å². The van der Waals surface area contributed by atoms with Crippen molar-refractivity contribution in [1.82, 2.24) is 16.0 Å². The van der Waals surface area contributed by atoms with E-state index in [0.29, 0.717) is 6.04 Å². The van der Waals surface area contributed by atoms with Crippen LogP contribution < -0.4 is 20.7 Å². The number of rotatable bonds is 10. The molecule has 0 saturated heterocycles. The quantitative estimate of drug-likeness (QED) is 0.322. The average molecular weight is 399 g/mol. The molecule has 1 aromatic rings. The van der Waals surface area contributed by atoms with E-state index < -0.39 is 0 Å². The van der Waals surface area contributed by atoms with Gasteiger partial charge in [0.2, 0.25) is 0 Å². The second kappa shape index (κ2) is 11.5. The third-order valence-electron chi connectivity index (χ3n) is 5.29. The maximum absolute atomic E-state index is 11.7. The standard InChI is InChI=1S/C23H34N4O2/c1-24-23(25-15-13-18-5-3-2-4-6-18)26-16-14-19-7-11-21(12-8-19)29-17-22(28)27-20-9-10-20/h5,7-8,11-12,20H,2-4,6,9-10,13-17H2,1H3,(H,27,28)(H2,24,25,26). The van der Waals surface area contributed by atoms with Gasteiger partial charge in [0.05, 0.1) is 0 Å². The van der Waals surface area contributed by atoms with Crippen LogP contribution >= 0.6 is 0 Å². The van der Waals surface area contributed by atoms with E-state index in [2.05, 4.69) is 27.0 Å². The lowest BCUT2D eigenvalue weighted by Crippen LogP contribution is -2.38. The number of carbonyl (C=O) groups is 1. The van der Waals surface area contributed by atoms with Crippen LogP contribution in [0.4, 0.5) is 0 Å². The molecule has 158 valence electrons. The molecule has 29 heavy (non-hydrogen) atoms. The largest absolute Gasteiger partial charge is 0.484 e. The molecular formula is C23H34N4O2. The summed E-state index contributed by atoms with van der Waals surface area (Å²) in [5.41, 5.74) is 2.79. The molecule has 0 radical (unpaired) electrons. The second-order valence-electron chi connectivity index (χ2n) is 7.81. The Balaban J connectivity index is 1.30. The van der Waals surface area contributed by atoms with Crippen molar-refractivity contribution in [2.24, 2.45) is 4.99 Å². The summed E-state index contributed by atoms with van der Waals surface area (Å²) >= 11 is 0. The summed E-state index contributed by atoms with van der Waals surface area (Å²) in [6.45, 7) is 1.81. The van der Waals surface area contributed by atoms with Gasteiger partial charge in [-0.2, -0.15) is 0 Å². The molecular weight excluding hydrogens is 364 g/mol. The van der Waals surface area contributed by atoms with Gasteiger partial charge in [-0.25, -0.2) is 0 Å². The van der Waals surface area contributed by atoms with Gasteiger partial charge < -0.3 is 20.7 Å². The van der Waals surface area contributed by atoms with Crippen LogP contribution in [0.3, 0.4) is 0 Å². The zero-order chi connectivity index (χ0) is 20.3. The summed E-state index contributed by atoms with van der Waals surface area (Å²) in [6, 6.07) is 8.30. The summed E-state index contributed by atoms with van der Waals surface area (Å²) in [4.78, 5) is 16.0. The van der Waals surface area contributed by atoms with Gasteiger partial charge in [0, 0.05) is 26.2 Å². The highest BCUT2D eigenvalue weighted by atomic mass is 16.5. The van der Waals surface area contributed by atoms with Crippen LogP contribution in [0.1, 0.15) is 50.5 Å². The Morgan fingerprint density at radius 2 is 1.86 bits per heavy atom. The fourth-order valence-corrected chi connectivity index (χ4v) is 3.42. The highest BCUT2D eigenvalue weighted by Crippen LogP contribution is 2.19. The van der Waals surface area contributed by atoms with Gasteiger partial charge in [0.15, 0.2) is 12.6 Å². The number of nitrogens with zero attached hydrogens (tertiary/aromatic N) is 1. The van der Waals surface area contributed by atoms with Crippen LogP contribution in [0.15, 0.2) is 40.9 Å². The first-order valence-corrected chi connectivity index (χ1v) is 10.9. The summed E-state index contributed by atoms with van der Waals surface area (Å²) in [7, 11) is 1.81. The molecule has 0 aliphatic heterocycles. The highest BCUT2D eigenvalue weighted by Gasteiger charge is 2.23. The van der Waals surface area contributed by atoms with Gasteiger partial charge in [-0.05, 0) is 69.1 Å². The Morgan fingerprint density at radius 1 is 1.10 bits per heavy atom. The molecule has 2 aliphatic rings. The number of hydrogen-bond acceptors (Lipinski definition) is 3. The molecule has 0 heterocycles. The normalized spacial score (nSPS) is 16.7. The molecule has 0 bridgehead atoms. The van der Waals surface area contributed by atoms with Gasteiger partial charge in [-0.15, -0.1) is 0 Å². The lowest BCUT2D eigenvalue weighted by Gasteiger charge is -2.15. The zero-order valence-corrected chi connectivity index (χ0v) is 17.5. The van der Waals surface area contributed by atoms with Crippen molar-refractivity contribution in [3.05, 3.63) is 41.5 Å². The predicted octanol–water partition coefficient (Wildman–Crippen LogP) is 2.94. The van der Waals surface area contributed by atoms with Crippen molar-refractivity contribution >= 4 is 11.9 Å². The van der Waals surface area contributed by atoms with Crippen molar-refractivity contribution in [2.75, 3.05) is 26.7 Å². The van der Waals surface area contributed by atoms with Crippen molar-refractivity contribution in [1.29, 1.82) is 0 Å². The molecule has 0 unspecified atom stereocenters. The summed E-state index contributed by atoms with van der Waals surface area (Å²) < 4.78 is 5.54. The first kappa shape index (κ1) is 21.2. The fourth-order valence-electron chi connectivity index (χ4n) is 3.42. The number of ether oxygens (including phenoxy) is 1. The van der Waals surface area contributed by atoms with E-state index >= 15 is 0 Å². The van der Waals surface area contributed by atoms with Crippen LogP contribution in [-0.2, 0) is 11.2 Å². The van der Waals surface area contributed by atoms with Crippen molar-refractivity contribution in [3.63, 3.8) is 0 Å². The molecule has 0 atom stereocenters. The van der Waals surface area contributed by atoms with E-state index in [9.17, 15) is 4.79 Å². The predicted molar refractivity (Wildman–Crippen MR) is 117 cm³/mol. The summed E-state index contributed by atoms with van der Waals surface area (Å²) in [6.07, 6.45) is 11.7. The van der Waals surface area contributed by atoms with Gasteiger partial charge >= 0.3 is 0 Å². The Kier molecular flexibility index (Phi) is 8.40. The van der Waals surface area contributed by atoms with E-state index in [0.717, 1.165) is 50.5 Å². The summed E-state index contributed by atoms with van der Waals surface area (Å²) in [5, 5.41) is 9.69. The number of aliphatic imine (C=N–C) groups is 1. The van der Waals surface area contributed by atoms with Crippen molar-refractivity contribution in [3.8, 4) is 5.75 Å². The van der Waals surface area contributed by atoms with E-state index in [1.165, 1.54) is 31.2 Å².